The molecule has 0 spiro atoms. The average Bonchev–Trinajstić information content (AvgIpc) is 3.21. The predicted molar refractivity (Wildman–Crippen MR) is 130 cm³/mol. The molecule has 0 radical (unpaired) electrons. The van der Waals surface area contributed by atoms with E-state index in [4.69, 9.17) is 14.2 Å². The fraction of sp³-hybridized carbons (Fsp3) is 0.741. The highest BCUT2D eigenvalue weighted by molar-refractivity contribution is 5.91. The van der Waals surface area contributed by atoms with Crippen molar-refractivity contribution in [3.63, 3.8) is 0 Å². The lowest BCUT2D eigenvalue weighted by Crippen LogP contribution is -2.59. The molecular formula is C27H41NO7. The van der Waals surface area contributed by atoms with E-state index in [2.05, 4.69) is 25.7 Å². The Morgan fingerprint density at radius 3 is 2.63 bits per heavy atom. The molecule has 0 aromatic rings. The summed E-state index contributed by atoms with van der Waals surface area (Å²) in [4.78, 5) is 36.1. The molecular weight excluding hydrogens is 450 g/mol. The quantitative estimate of drug-likeness (QED) is 0.208. The molecule has 2 aliphatic carbocycles. The standard InChI is InChI=1S/C27H41NO7/c1-17-7-8-23-26(4,11-9-24(35-19(3)31)27(23,5)16-34-18(2)30)21(17)15-22(28-12-6-13-29)20-10-14-33-25(20)32/h10,21-24,28-29H,1,6-9,11-16H2,2-5H3/t21-,22-,23-,24-,26+,27+/m1/s1. The van der Waals surface area contributed by atoms with E-state index in [9.17, 15) is 19.5 Å². The van der Waals surface area contributed by atoms with Crippen molar-refractivity contribution < 1.29 is 33.7 Å². The van der Waals surface area contributed by atoms with E-state index in [-0.39, 0.29) is 67.1 Å². The van der Waals surface area contributed by atoms with Crippen LogP contribution in [-0.2, 0) is 28.6 Å². The lowest BCUT2D eigenvalue weighted by molar-refractivity contribution is -0.191. The highest BCUT2D eigenvalue weighted by atomic mass is 16.6. The van der Waals surface area contributed by atoms with Crippen LogP contribution >= 0.6 is 0 Å². The molecule has 196 valence electrons. The molecule has 0 amide bonds. The maximum Gasteiger partial charge on any atom is 0.335 e. The number of cyclic esters (lactones) is 1. The van der Waals surface area contributed by atoms with Crippen LogP contribution in [0.2, 0.25) is 0 Å². The largest absolute Gasteiger partial charge is 0.465 e. The molecule has 2 N–H and O–H groups in total. The van der Waals surface area contributed by atoms with Gasteiger partial charge in [0, 0.05) is 31.9 Å². The number of esters is 3. The number of fused-ring (bicyclic) bond motifs is 1. The van der Waals surface area contributed by atoms with E-state index in [0.29, 0.717) is 31.4 Å². The van der Waals surface area contributed by atoms with Crippen LogP contribution in [0.15, 0.2) is 23.8 Å². The maximum absolute atomic E-state index is 12.4. The Morgan fingerprint density at radius 1 is 1.29 bits per heavy atom. The van der Waals surface area contributed by atoms with Gasteiger partial charge in [0.25, 0.3) is 0 Å². The second-order valence-corrected chi connectivity index (χ2v) is 10.8. The van der Waals surface area contributed by atoms with Gasteiger partial charge in [-0.15, -0.1) is 0 Å². The first-order valence-corrected chi connectivity index (χ1v) is 12.7. The summed E-state index contributed by atoms with van der Waals surface area (Å²) in [5, 5.41) is 12.7. The molecule has 0 aromatic heterocycles. The predicted octanol–water partition coefficient (Wildman–Crippen LogP) is 3.08. The van der Waals surface area contributed by atoms with Gasteiger partial charge in [0.05, 0.1) is 5.57 Å². The molecule has 1 aliphatic heterocycles. The monoisotopic (exact) mass is 491 g/mol. The fourth-order valence-corrected chi connectivity index (χ4v) is 6.82. The van der Waals surface area contributed by atoms with Gasteiger partial charge in [-0.3, -0.25) is 9.59 Å². The van der Waals surface area contributed by atoms with Crippen molar-refractivity contribution in [3.05, 3.63) is 23.8 Å². The Labute approximate surface area is 208 Å². The second-order valence-electron chi connectivity index (χ2n) is 10.8. The van der Waals surface area contributed by atoms with Crippen LogP contribution in [0.4, 0.5) is 0 Å². The van der Waals surface area contributed by atoms with Gasteiger partial charge < -0.3 is 24.6 Å². The topological polar surface area (TPSA) is 111 Å². The van der Waals surface area contributed by atoms with Gasteiger partial charge in [0.2, 0.25) is 0 Å². The number of carbonyl (C=O) groups excluding carboxylic acids is 3. The summed E-state index contributed by atoms with van der Waals surface area (Å²) < 4.78 is 16.5. The number of allylic oxidation sites excluding steroid dienone is 1. The van der Waals surface area contributed by atoms with Crippen LogP contribution in [-0.4, -0.2) is 61.5 Å². The van der Waals surface area contributed by atoms with Crippen LogP contribution < -0.4 is 5.32 Å². The molecule has 35 heavy (non-hydrogen) atoms. The van der Waals surface area contributed by atoms with Crippen LogP contribution in [0.5, 0.6) is 0 Å². The second kappa shape index (κ2) is 11.2. The highest BCUT2D eigenvalue weighted by Crippen LogP contribution is 2.62. The number of hydrogen-bond acceptors (Lipinski definition) is 8. The third kappa shape index (κ3) is 5.80. The van der Waals surface area contributed by atoms with Crippen molar-refractivity contribution >= 4 is 17.9 Å². The van der Waals surface area contributed by atoms with Crippen LogP contribution in [0.1, 0.15) is 66.2 Å². The van der Waals surface area contributed by atoms with Crippen LogP contribution in [0, 0.1) is 22.7 Å². The molecule has 8 heteroatoms. The zero-order valence-electron chi connectivity index (χ0n) is 21.6. The van der Waals surface area contributed by atoms with Gasteiger partial charge >= 0.3 is 17.9 Å². The molecule has 1 heterocycles. The molecule has 0 aromatic carbocycles. The Bertz CT molecular complexity index is 868. The van der Waals surface area contributed by atoms with E-state index in [0.717, 1.165) is 24.8 Å². The molecule has 0 bridgehead atoms. The zero-order chi connectivity index (χ0) is 25.8. The van der Waals surface area contributed by atoms with Gasteiger partial charge in [-0.25, -0.2) is 4.79 Å². The highest BCUT2D eigenvalue weighted by Gasteiger charge is 2.59. The van der Waals surface area contributed by atoms with Gasteiger partial charge in [-0.2, -0.15) is 0 Å². The van der Waals surface area contributed by atoms with Crippen molar-refractivity contribution in [1.82, 2.24) is 5.32 Å². The number of nitrogens with one attached hydrogen (secondary N) is 1. The molecule has 8 nitrogen and oxygen atoms in total. The van der Waals surface area contributed by atoms with Crippen molar-refractivity contribution in [2.45, 2.75) is 78.4 Å². The molecule has 3 aliphatic rings. The van der Waals surface area contributed by atoms with E-state index < -0.39 is 5.41 Å². The summed E-state index contributed by atoms with van der Waals surface area (Å²) in [5.41, 5.74) is 1.08. The van der Waals surface area contributed by atoms with E-state index >= 15 is 0 Å². The first-order valence-electron chi connectivity index (χ1n) is 12.7. The maximum atomic E-state index is 12.4. The molecule has 3 rings (SSSR count). The van der Waals surface area contributed by atoms with Crippen molar-refractivity contribution in [2.24, 2.45) is 22.7 Å². The number of aliphatic hydroxyl groups excluding tert-OH is 1. The van der Waals surface area contributed by atoms with E-state index in [1.807, 2.05) is 6.08 Å². The van der Waals surface area contributed by atoms with Gasteiger partial charge in [-0.1, -0.05) is 26.0 Å². The summed E-state index contributed by atoms with van der Waals surface area (Å²) in [6.07, 6.45) is 5.97. The third-order valence-corrected chi connectivity index (χ3v) is 8.54. The lowest BCUT2D eigenvalue weighted by Gasteiger charge is -2.60. The average molecular weight is 492 g/mol. The summed E-state index contributed by atoms with van der Waals surface area (Å²) in [6, 6.07) is -0.209. The number of ether oxygens (including phenoxy) is 3. The minimum absolute atomic E-state index is 0.0746. The summed E-state index contributed by atoms with van der Waals surface area (Å²) in [5.74, 6) is -0.739. The Kier molecular flexibility index (Phi) is 8.81. The summed E-state index contributed by atoms with van der Waals surface area (Å²) in [7, 11) is 0. The van der Waals surface area contributed by atoms with E-state index in [1.54, 1.807) is 0 Å². The molecule has 2 fully saturated rings. The van der Waals surface area contributed by atoms with Crippen LogP contribution in [0.3, 0.4) is 0 Å². The Balaban J connectivity index is 1.92. The van der Waals surface area contributed by atoms with Crippen molar-refractivity contribution in [2.75, 3.05) is 26.4 Å². The van der Waals surface area contributed by atoms with Gasteiger partial charge in [0.1, 0.15) is 19.3 Å². The number of carbonyl (C=O) groups is 3. The van der Waals surface area contributed by atoms with Gasteiger partial charge in [0.15, 0.2) is 0 Å². The first kappa shape index (κ1) is 27.4. The smallest absolute Gasteiger partial charge is 0.335 e. The van der Waals surface area contributed by atoms with Crippen molar-refractivity contribution in [3.8, 4) is 0 Å². The van der Waals surface area contributed by atoms with E-state index in [1.165, 1.54) is 13.8 Å². The van der Waals surface area contributed by atoms with Crippen LogP contribution in [0.25, 0.3) is 0 Å². The minimum atomic E-state index is -0.533. The third-order valence-electron chi connectivity index (χ3n) is 8.54. The molecule has 6 atom stereocenters. The number of hydrogen-bond donors (Lipinski definition) is 2. The zero-order valence-corrected chi connectivity index (χ0v) is 21.6. The summed E-state index contributed by atoms with van der Waals surface area (Å²) >= 11 is 0. The van der Waals surface area contributed by atoms with Crippen molar-refractivity contribution in [1.29, 1.82) is 0 Å². The Hall–Kier alpha value is -2.19. The number of aliphatic hydroxyl groups is 1. The minimum Gasteiger partial charge on any atom is -0.465 e. The summed E-state index contributed by atoms with van der Waals surface area (Å²) in [6.45, 7) is 12.7. The lowest BCUT2D eigenvalue weighted by atomic mass is 9.46. The molecule has 2 saturated carbocycles. The van der Waals surface area contributed by atoms with Gasteiger partial charge in [-0.05, 0) is 68.4 Å². The first-order chi connectivity index (χ1) is 16.5. The SMILES string of the molecule is C=C1CC[C@H]2[C@](C)(COC(C)=O)[C@H](OC(C)=O)CC[C@@]2(C)[C@@H]1C[C@@H](NCCCO)C1=CCOC1=O. The normalized spacial score (nSPS) is 33.4. The Morgan fingerprint density at radius 2 is 2.03 bits per heavy atom. The fourth-order valence-electron chi connectivity index (χ4n) is 6.82. The molecule has 0 saturated heterocycles. The molecule has 0 unspecified atom stereocenters. The number of rotatable bonds is 10.